The molecule has 0 aromatic carbocycles. The fraction of sp³-hybridized carbons (Fsp3) is 0.200. The predicted octanol–water partition coefficient (Wildman–Crippen LogP) is 1.25. The molecular weight excluding hydrogens is 176 g/mol. The van der Waals surface area contributed by atoms with Crippen molar-refractivity contribution in [3.05, 3.63) is 36.3 Å². The first-order chi connectivity index (χ1) is 6.81. The van der Waals surface area contributed by atoms with Crippen LogP contribution in [0.2, 0.25) is 0 Å². The molecule has 0 aliphatic rings. The van der Waals surface area contributed by atoms with Crippen molar-refractivity contribution < 1.29 is 0 Å². The van der Waals surface area contributed by atoms with Crippen LogP contribution in [0.3, 0.4) is 0 Å². The Kier molecular flexibility index (Phi) is 2.17. The molecule has 0 radical (unpaired) electrons. The maximum Gasteiger partial charge on any atom is 0.136 e. The third-order valence-electron chi connectivity index (χ3n) is 2.15. The number of nitriles is 1. The Morgan fingerprint density at radius 1 is 1.57 bits per heavy atom. The van der Waals surface area contributed by atoms with Gasteiger partial charge < -0.3 is 10.1 Å². The van der Waals surface area contributed by atoms with E-state index in [2.05, 4.69) is 11.1 Å². The lowest BCUT2D eigenvalue weighted by atomic mass is 10.1. The van der Waals surface area contributed by atoms with Gasteiger partial charge in [-0.2, -0.15) is 5.26 Å². The van der Waals surface area contributed by atoms with E-state index in [1.165, 1.54) is 0 Å². The number of hydrogen-bond acceptors (Lipinski definition) is 3. The normalized spacial score (nSPS) is 12.6. The third-order valence-corrected chi connectivity index (χ3v) is 2.15. The van der Waals surface area contributed by atoms with Gasteiger partial charge in [0.15, 0.2) is 0 Å². The molecule has 0 aliphatic heterocycles. The molecule has 0 saturated heterocycles. The molecule has 1 atom stereocenters. The highest BCUT2D eigenvalue weighted by Crippen LogP contribution is 2.14. The Balaban J connectivity index is 2.39. The zero-order valence-corrected chi connectivity index (χ0v) is 7.59. The van der Waals surface area contributed by atoms with Crippen LogP contribution in [0.4, 0.5) is 0 Å². The van der Waals surface area contributed by atoms with Crippen LogP contribution in [0.1, 0.15) is 18.0 Å². The van der Waals surface area contributed by atoms with Crippen LogP contribution in [0.15, 0.2) is 30.7 Å². The fourth-order valence-electron chi connectivity index (χ4n) is 1.37. The van der Waals surface area contributed by atoms with Crippen molar-refractivity contribution in [3.8, 4) is 6.07 Å². The van der Waals surface area contributed by atoms with Gasteiger partial charge in [0.2, 0.25) is 0 Å². The molecule has 2 heterocycles. The van der Waals surface area contributed by atoms with Crippen molar-refractivity contribution in [1.82, 2.24) is 9.38 Å². The van der Waals surface area contributed by atoms with Crippen molar-refractivity contribution in [2.24, 2.45) is 5.73 Å². The highest BCUT2D eigenvalue weighted by molar-refractivity contribution is 5.40. The first kappa shape index (κ1) is 8.73. The molecule has 70 valence electrons. The average Bonchev–Trinajstić information content (AvgIpc) is 2.64. The lowest BCUT2D eigenvalue weighted by molar-refractivity contribution is 0.742. The fourth-order valence-corrected chi connectivity index (χ4v) is 1.37. The molecule has 2 rings (SSSR count). The Labute approximate surface area is 81.6 Å². The summed E-state index contributed by atoms with van der Waals surface area (Å²) in [5.41, 5.74) is 7.65. The highest BCUT2D eigenvalue weighted by atomic mass is 15.0. The van der Waals surface area contributed by atoms with E-state index < -0.39 is 0 Å². The molecule has 14 heavy (non-hydrogen) atoms. The van der Waals surface area contributed by atoms with E-state index in [9.17, 15) is 0 Å². The first-order valence-corrected chi connectivity index (χ1v) is 4.36. The van der Waals surface area contributed by atoms with Crippen LogP contribution in [0.5, 0.6) is 0 Å². The molecule has 2 aromatic heterocycles. The lowest BCUT2D eigenvalue weighted by Gasteiger charge is -2.07. The van der Waals surface area contributed by atoms with Gasteiger partial charge in [-0.05, 0) is 11.6 Å². The standard InChI is InChI=1S/C10H10N4/c11-4-3-9(12)8-1-2-10-13-5-6-14(10)7-8/h1-2,5-7,9H,3,12H2. The number of rotatable bonds is 2. The molecule has 4 heteroatoms. The van der Waals surface area contributed by atoms with E-state index in [-0.39, 0.29) is 6.04 Å². The van der Waals surface area contributed by atoms with Crippen molar-refractivity contribution in [1.29, 1.82) is 5.26 Å². The molecule has 0 aliphatic carbocycles. The minimum atomic E-state index is -0.216. The summed E-state index contributed by atoms with van der Waals surface area (Å²) in [6.45, 7) is 0. The highest BCUT2D eigenvalue weighted by Gasteiger charge is 2.05. The van der Waals surface area contributed by atoms with Gasteiger partial charge in [0, 0.05) is 24.6 Å². The van der Waals surface area contributed by atoms with Gasteiger partial charge in [0.05, 0.1) is 12.5 Å². The Hall–Kier alpha value is -1.86. The van der Waals surface area contributed by atoms with Crippen LogP contribution >= 0.6 is 0 Å². The first-order valence-electron chi connectivity index (χ1n) is 4.36. The van der Waals surface area contributed by atoms with Crippen LogP contribution in [0.25, 0.3) is 5.65 Å². The zero-order valence-electron chi connectivity index (χ0n) is 7.59. The number of imidazole rings is 1. The molecule has 4 nitrogen and oxygen atoms in total. The summed E-state index contributed by atoms with van der Waals surface area (Å²) in [6.07, 6.45) is 5.83. The Morgan fingerprint density at radius 2 is 2.43 bits per heavy atom. The third kappa shape index (κ3) is 1.45. The number of nitrogens with two attached hydrogens (primary N) is 1. The van der Waals surface area contributed by atoms with Gasteiger partial charge in [-0.1, -0.05) is 6.07 Å². The molecule has 1 unspecified atom stereocenters. The van der Waals surface area contributed by atoms with E-state index in [1.807, 2.05) is 28.9 Å². The van der Waals surface area contributed by atoms with Crippen molar-refractivity contribution in [2.45, 2.75) is 12.5 Å². The number of pyridine rings is 1. The Morgan fingerprint density at radius 3 is 3.21 bits per heavy atom. The van der Waals surface area contributed by atoms with Crippen LogP contribution in [0, 0.1) is 11.3 Å². The van der Waals surface area contributed by atoms with Gasteiger partial charge in [-0.25, -0.2) is 4.98 Å². The van der Waals surface area contributed by atoms with Crippen LogP contribution < -0.4 is 5.73 Å². The summed E-state index contributed by atoms with van der Waals surface area (Å²) in [4.78, 5) is 4.12. The van der Waals surface area contributed by atoms with Gasteiger partial charge in [-0.15, -0.1) is 0 Å². The van der Waals surface area contributed by atoms with Crippen molar-refractivity contribution >= 4 is 5.65 Å². The van der Waals surface area contributed by atoms with Crippen LogP contribution in [-0.2, 0) is 0 Å². The maximum absolute atomic E-state index is 8.52. The molecule has 0 fully saturated rings. The second-order valence-corrected chi connectivity index (χ2v) is 3.12. The second kappa shape index (κ2) is 3.48. The summed E-state index contributed by atoms with van der Waals surface area (Å²) < 4.78 is 1.90. The van der Waals surface area contributed by atoms with Gasteiger partial charge >= 0.3 is 0 Å². The van der Waals surface area contributed by atoms with E-state index in [1.54, 1.807) is 6.20 Å². The smallest absolute Gasteiger partial charge is 0.136 e. The summed E-state index contributed by atoms with van der Waals surface area (Å²) in [6, 6.07) is 5.64. The van der Waals surface area contributed by atoms with Gasteiger partial charge in [0.1, 0.15) is 5.65 Å². The number of hydrogen-bond donors (Lipinski definition) is 1. The zero-order chi connectivity index (χ0) is 9.97. The predicted molar refractivity (Wildman–Crippen MR) is 52.4 cm³/mol. The molecule has 0 amide bonds. The Bertz CT molecular complexity index is 480. The van der Waals surface area contributed by atoms with Crippen LogP contribution in [-0.4, -0.2) is 9.38 Å². The average molecular weight is 186 g/mol. The molecule has 2 aromatic rings. The van der Waals surface area contributed by atoms with E-state index in [0.29, 0.717) is 6.42 Å². The summed E-state index contributed by atoms with van der Waals surface area (Å²) in [5.74, 6) is 0. The molecular formula is C10H10N4. The number of aromatic nitrogens is 2. The van der Waals surface area contributed by atoms with Gasteiger partial charge in [-0.3, -0.25) is 0 Å². The minimum Gasteiger partial charge on any atom is -0.323 e. The van der Waals surface area contributed by atoms with Gasteiger partial charge in [0.25, 0.3) is 0 Å². The molecule has 0 bridgehead atoms. The molecule has 2 N–H and O–H groups in total. The molecule has 0 spiro atoms. The largest absolute Gasteiger partial charge is 0.323 e. The maximum atomic E-state index is 8.52. The molecule has 0 saturated carbocycles. The van der Waals surface area contributed by atoms with E-state index in [4.69, 9.17) is 11.0 Å². The summed E-state index contributed by atoms with van der Waals surface area (Å²) in [5, 5.41) is 8.52. The number of nitrogens with zero attached hydrogens (tertiary/aromatic N) is 3. The lowest BCUT2D eigenvalue weighted by Crippen LogP contribution is -2.09. The monoisotopic (exact) mass is 186 g/mol. The SMILES string of the molecule is N#CCC(N)c1ccc2nccn2c1. The summed E-state index contributed by atoms with van der Waals surface area (Å²) >= 11 is 0. The topological polar surface area (TPSA) is 67.1 Å². The summed E-state index contributed by atoms with van der Waals surface area (Å²) in [7, 11) is 0. The van der Waals surface area contributed by atoms with Crippen molar-refractivity contribution in [2.75, 3.05) is 0 Å². The second-order valence-electron chi connectivity index (χ2n) is 3.12. The van der Waals surface area contributed by atoms with E-state index in [0.717, 1.165) is 11.2 Å². The van der Waals surface area contributed by atoms with E-state index >= 15 is 0 Å². The number of fused-ring (bicyclic) bond motifs is 1. The minimum absolute atomic E-state index is 0.216. The van der Waals surface area contributed by atoms with Crippen molar-refractivity contribution in [3.63, 3.8) is 0 Å². The quantitative estimate of drug-likeness (QED) is 0.767.